The number of aliphatic hydroxyl groups excluding tert-OH is 1. The van der Waals surface area contributed by atoms with Crippen molar-refractivity contribution in [2.24, 2.45) is 0 Å². The van der Waals surface area contributed by atoms with Crippen LogP contribution in [-0.4, -0.2) is 26.6 Å². The highest BCUT2D eigenvalue weighted by atomic mass is 28.4. The Balaban J connectivity index is 3.58. The molecule has 0 spiro atoms. The molecule has 0 aliphatic heterocycles. The fraction of sp³-hybridized carbons (Fsp3) is 1.00. The van der Waals surface area contributed by atoms with E-state index < -0.39 is 8.32 Å². The van der Waals surface area contributed by atoms with Crippen LogP contribution in [-0.2, 0) is 4.43 Å². The van der Waals surface area contributed by atoms with Gasteiger partial charge < -0.3 is 9.53 Å². The molecule has 0 aliphatic rings. The van der Waals surface area contributed by atoms with Gasteiger partial charge in [-0.2, -0.15) is 0 Å². The SMILES string of the molecule is CC(C)(C)[Si](C)(C)OCCCCCCO. The van der Waals surface area contributed by atoms with Crippen LogP contribution in [0.5, 0.6) is 0 Å². The van der Waals surface area contributed by atoms with Gasteiger partial charge in [-0.25, -0.2) is 0 Å². The highest BCUT2D eigenvalue weighted by Gasteiger charge is 2.36. The minimum atomic E-state index is -1.52. The number of hydrogen-bond donors (Lipinski definition) is 1. The van der Waals surface area contributed by atoms with E-state index in [4.69, 9.17) is 9.53 Å². The average Bonchev–Trinajstić information content (AvgIpc) is 2.09. The van der Waals surface area contributed by atoms with Crippen molar-refractivity contribution in [3.8, 4) is 0 Å². The van der Waals surface area contributed by atoms with Crippen molar-refractivity contribution in [2.45, 2.75) is 64.6 Å². The van der Waals surface area contributed by atoms with Crippen molar-refractivity contribution in [3.05, 3.63) is 0 Å². The molecule has 0 aliphatic carbocycles. The topological polar surface area (TPSA) is 29.5 Å². The maximum atomic E-state index is 8.63. The molecule has 0 amide bonds. The summed E-state index contributed by atoms with van der Waals surface area (Å²) in [5.74, 6) is 0. The van der Waals surface area contributed by atoms with E-state index in [0.717, 1.165) is 25.9 Å². The second-order valence-corrected chi connectivity index (χ2v) is 10.6. The van der Waals surface area contributed by atoms with Gasteiger partial charge in [0.25, 0.3) is 0 Å². The predicted molar refractivity (Wildman–Crippen MR) is 68.7 cm³/mol. The van der Waals surface area contributed by atoms with E-state index in [0.29, 0.717) is 11.6 Å². The lowest BCUT2D eigenvalue weighted by atomic mass is 10.2. The molecule has 0 heterocycles. The number of rotatable bonds is 7. The molecule has 0 saturated heterocycles. The molecule has 0 aromatic carbocycles. The van der Waals surface area contributed by atoms with Crippen LogP contribution in [0.4, 0.5) is 0 Å². The normalized spacial score (nSPS) is 13.2. The van der Waals surface area contributed by atoms with Gasteiger partial charge in [-0.15, -0.1) is 0 Å². The Hall–Kier alpha value is 0.137. The molecule has 0 bridgehead atoms. The Morgan fingerprint density at radius 2 is 1.53 bits per heavy atom. The van der Waals surface area contributed by atoms with Gasteiger partial charge in [0.1, 0.15) is 0 Å². The van der Waals surface area contributed by atoms with Gasteiger partial charge in [-0.3, -0.25) is 0 Å². The predicted octanol–water partition coefficient (Wildman–Crippen LogP) is 3.56. The quantitative estimate of drug-likeness (QED) is 0.537. The summed E-state index contributed by atoms with van der Waals surface area (Å²) >= 11 is 0. The molecule has 0 fully saturated rings. The minimum absolute atomic E-state index is 0.318. The molecule has 0 unspecified atom stereocenters. The summed E-state index contributed by atoms with van der Waals surface area (Å²) in [7, 11) is -1.52. The van der Waals surface area contributed by atoms with Crippen LogP contribution in [0.15, 0.2) is 0 Å². The lowest BCUT2D eigenvalue weighted by molar-refractivity contribution is 0.263. The zero-order valence-electron chi connectivity index (χ0n) is 11.1. The van der Waals surface area contributed by atoms with E-state index >= 15 is 0 Å². The van der Waals surface area contributed by atoms with Crippen molar-refractivity contribution in [2.75, 3.05) is 13.2 Å². The molecule has 15 heavy (non-hydrogen) atoms. The van der Waals surface area contributed by atoms with Gasteiger partial charge in [0, 0.05) is 13.2 Å². The summed E-state index contributed by atoms with van der Waals surface area (Å²) in [5.41, 5.74) is 0. The van der Waals surface area contributed by atoms with Crippen LogP contribution < -0.4 is 0 Å². The van der Waals surface area contributed by atoms with Gasteiger partial charge >= 0.3 is 0 Å². The highest BCUT2D eigenvalue weighted by molar-refractivity contribution is 6.74. The summed E-state index contributed by atoms with van der Waals surface area (Å²) in [6.07, 6.45) is 4.36. The van der Waals surface area contributed by atoms with E-state index in [9.17, 15) is 0 Å². The molecule has 0 radical (unpaired) electrons. The Labute approximate surface area is 96.2 Å². The summed E-state index contributed by atoms with van der Waals surface area (Å²) in [6.45, 7) is 12.6. The van der Waals surface area contributed by atoms with Gasteiger partial charge in [0.05, 0.1) is 0 Å². The van der Waals surface area contributed by atoms with E-state index in [1.54, 1.807) is 0 Å². The summed E-state index contributed by atoms with van der Waals surface area (Å²) < 4.78 is 6.05. The van der Waals surface area contributed by atoms with Crippen molar-refractivity contribution < 1.29 is 9.53 Å². The van der Waals surface area contributed by atoms with Crippen LogP contribution in [0.1, 0.15) is 46.5 Å². The van der Waals surface area contributed by atoms with Crippen LogP contribution >= 0.6 is 0 Å². The van der Waals surface area contributed by atoms with Crippen molar-refractivity contribution in [1.29, 1.82) is 0 Å². The first-order valence-corrected chi connectivity index (χ1v) is 8.97. The maximum absolute atomic E-state index is 8.63. The molecule has 3 heteroatoms. The van der Waals surface area contributed by atoms with Gasteiger partial charge in [-0.05, 0) is 31.0 Å². The summed E-state index contributed by atoms with van der Waals surface area (Å²) in [4.78, 5) is 0. The zero-order chi connectivity index (χ0) is 11.9. The Bertz CT molecular complexity index is 161. The lowest BCUT2D eigenvalue weighted by Gasteiger charge is -2.36. The fourth-order valence-electron chi connectivity index (χ4n) is 1.11. The Kier molecular flexibility index (Phi) is 6.72. The van der Waals surface area contributed by atoms with Gasteiger partial charge in [0.15, 0.2) is 8.32 Å². The van der Waals surface area contributed by atoms with Crippen LogP contribution in [0, 0.1) is 0 Å². The largest absolute Gasteiger partial charge is 0.417 e. The molecule has 2 nitrogen and oxygen atoms in total. The smallest absolute Gasteiger partial charge is 0.191 e. The molecular weight excluding hydrogens is 204 g/mol. The van der Waals surface area contributed by atoms with E-state index in [2.05, 4.69) is 33.9 Å². The minimum Gasteiger partial charge on any atom is -0.417 e. The van der Waals surface area contributed by atoms with Gasteiger partial charge in [-0.1, -0.05) is 33.6 Å². The molecular formula is C12H28O2Si. The molecule has 0 aromatic heterocycles. The first-order valence-electron chi connectivity index (χ1n) is 6.06. The Morgan fingerprint density at radius 1 is 1.00 bits per heavy atom. The monoisotopic (exact) mass is 232 g/mol. The van der Waals surface area contributed by atoms with Crippen molar-refractivity contribution in [3.63, 3.8) is 0 Å². The van der Waals surface area contributed by atoms with E-state index in [-0.39, 0.29) is 0 Å². The van der Waals surface area contributed by atoms with E-state index in [1.807, 2.05) is 0 Å². The van der Waals surface area contributed by atoms with Crippen molar-refractivity contribution >= 4 is 8.32 Å². The second kappa shape index (κ2) is 6.66. The average molecular weight is 232 g/mol. The summed E-state index contributed by atoms with van der Waals surface area (Å²) in [5, 5.41) is 8.95. The number of aliphatic hydroxyl groups is 1. The van der Waals surface area contributed by atoms with Crippen LogP contribution in [0.25, 0.3) is 0 Å². The molecule has 0 rings (SSSR count). The van der Waals surface area contributed by atoms with Gasteiger partial charge in [0.2, 0.25) is 0 Å². The van der Waals surface area contributed by atoms with Crippen molar-refractivity contribution in [1.82, 2.24) is 0 Å². The maximum Gasteiger partial charge on any atom is 0.191 e. The molecule has 1 N–H and O–H groups in total. The van der Waals surface area contributed by atoms with E-state index in [1.165, 1.54) is 6.42 Å². The molecule has 0 aromatic rings. The third-order valence-electron chi connectivity index (χ3n) is 3.32. The fourth-order valence-corrected chi connectivity index (χ4v) is 2.20. The van der Waals surface area contributed by atoms with Crippen LogP contribution in [0.3, 0.4) is 0 Å². The zero-order valence-corrected chi connectivity index (χ0v) is 12.1. The first kappa shape index (κ1) is 15.1. The first-order chi connectivity index (χ1) is 6.81. The number of unbranched alkanes of at least 4 members (excludes halogenated alkanes) is 3. The molecule has 0 atom stereocenters. The Morgan fingerprint density at radius 3 is 2.00 bits per heavy atom. The lowest BCUT2D eigenvalue weighted by Crippen LogP contribution is -2.40. The molecule has 0 saturated carbocycles. The highest BCUT2D eigenvalue weighted by Crippen LogP contribution is 2.36. The number of hydrogen-bond acceptors (Lipinski definition) is 2. The standard InChI is InChI=1S/C12H28O2Si/c1-12(2,3)15(4,5)14-11-9-7-6-8-10-13/h13H,6-11H2,1-5H3. The third kappa shape index (κ3) is 6.33. The van der Waals surface area contributed by atoms with Crippen LogP contribution in [0.2, 0.25) is 18.1 Å². The second-order valence-electron chi connectivity index (χ2n) is 5.75. The summed E-state index contributed by atoms with van der Waals surface area (Å²) in [6, 6.07) is 0. The third-order valence-corrected chi connectivity index (χ3v) is 7.86. The molecule has 92 valence electrons.